The Hall–Kier alpha value is -0.320. The number of nitrogens with one attached hydrogen (secondary N) is 1. The average Bonchev–Trinajstić information content (AvgIpc) is 1.91. The molecule has 0 heterocycles. The molecule has 3 N–H and O–H groups in total. The van der Waals surface area contributed by atoms with Crippen molar-refractivity contribution in [3.63, 3.8) is 0 Å². The van der Waals surface area contributed by atoms with E-state index in [2.05, 4.69) is 27.9 Å². The van der Waals surface area contributed by atoms with Crippen molar-refractivity contribution in [3.8, 4) is 0 Å². The third-order valence-electron chi connectivity index (χ3n) is 1.12. The molecule has 0 aromatic carbocycles. The summed E-state index contributed by atoms with van der Waals surface area (Å²) < 4.78 is 0. The van der Waals surface area contributed by atoms with Gasteiger partial charge in [0.05, 0.1) is 0 Å². The van der Waals surface area contributed by atoms with Gasteiger partial charge in [0, 0.05) is 13.2 Å². The summed E-state index contributed by atoms with van der Waals surface area (Å²) in [4.78, 5) is 3.63. The van der Waals surface area contributed by atoms with Crippen LogP contribution in [0.4, 0.5) is 0 Å². The highest BCUT2D eigenvalue weighted by Crippen LogP contribution is 1.94. The van der Waals surface area contributed by atoms with Crippen molar-refractivity contribution in [2.75, 3.05) is 7.05 Å². The number of hydrazine groups is 1. The first-order chi connectivity index (χ1) is 4.76. The van der Waals surface area contributed by atoms with Crippen LogP contribution < -0.4 is 11.3 Å². The molecule has 0 aromatic rings. The Balaban J connectivity index is 3.87. The molecule has 1 unspecified atom stereocenters. The molecule has 0 aliphatic carbocycles. The van der Waals surface area contributed by atoms with Crippen LogP contribution in [-0.4, -0.2) is 18.1 Å². The van der Waals surface area contributed by atoms with Gasteiger partial charge in [0.15, 0.2) is 0 Å². The summed E-state index contributed by atoms with van der Waals surface area (Å²) in [5.74, 6) is 5.20. The molecule has 3 nitrogen and oxygen atoms in total. The van der Waals surface area contributed by atoms with E-state index < -0.39 is 0 Å². The lowest BCUT2D eigenvalue weighted by Gasteiger charge is -2.21. The van der Waals surface area contributed by atoms with Crippen LogP contribution in [0.2, 0.25) is 0 Å². The highest BCUT2D eigenvalue weighted by atomic mass is 79.9. The topological polar surface area (TPSA) is 41.3 Å². The SMILES string of the molecule is C=CC(NN)N(C)/C=C/Br. The van der Waals surface area contributed by atoms with Gasteiger partial charge in [-0.05, 0) is 4.99 Å². The van der Waals surface area contributed by atoms with Crippen LogP contribution in [0, 0.1) is 0 Å². The number of likely N-dealkylation sites (N-methyl/N-ethyl adjacent to an activating group) is 1. The van der Waals surface area contributed by atoms with Crippen LogP contribution in [0.3, 0.4) is 0 Å². The maximum Gasteiger partial charge on any atom is 0.110 e. The Bertz CT molecular complexity index is 124. The molecule has 0 saturated carbocycles. The van der Waals surface area contributed by atoms with Gasteiger partial charge in [0.2, 0.25) is 0 Å². The molecule has 0 aliphatic heterocycles. The molecule has 0 bridgehead atoms. The number of halogens is 1. The second kappa shape index (κ2) is 5.46. The van der Waals surface area contributed by atoms with E-state index in [0.29, 0.717) is 0 Å². The third-order valence-corrected chi connectivity index (χ3v) is 1.36. The Morgan fingerprint density at radius 2 is 2.40 bits per heavy atom. The fourth-order valence-corrected chi connectivity index (χ4v) is 0.906. The number of nitrogens with zero attached hydrogens (tertiary/aromatic N) is 1. The van der Waals surface area contributed by atoms with Gasteiger partial charge in [0.1, 0.15) is 6.17 Å². The van der Waals surface area contributed by atoms with E-state index in [1.54, 1.807) is 11.1 Å². The molecule has 58 valence electrons. The van der Waals surface area contributed by atoms with Crippen LogP contribution >= 0.6 is 15.9 Å². The zero-order valence-electron chi connectivity index (χ0n) is 5.92. The average molecular weight is 206 g/mol. The van der Waals surface area contributed by atoms with Gasteiger partial charge < -0.3 is 4.90 Å². The number of rotatable bonds is 4. The van der Waals surface area contributed by atoms with Gasteiger partial charge in [0.25, 0.3) is 0 Å². The van der Waals surface area contributed by atoms with Gasteiger partial charge >= 0.3 is 0 Å². The number of hydrogen-bond donors (Lipinski definition) is 2. The lowest BCUT2D eigenvalue weighted by molar-refractivity contribution is 0.333. The molecule has 0 amide bonds. The van der Waals surface area contributed by atoms with E-state index in [1.807, 2.05) is 18.1 Å². The van der Waals surface area contributed by atoms with Crippen LogP contribution in [0.1, 0.15) is 0 Å². The first-order valence-corrected chi connectivity index (χ1v) is 3.75. The molecule has 4 heteroatoms. The lowest BCUT2D eigenvalue weighted by atomic mass is 10.4. The minimum atomic E-state index is -0.0196. The van der Waals surface area contributed by atoms with Crippen LogP contribution in [-0.2, 0) is 0 Å². The summed E-state index contributed by atoms with van der Waals surface area (Å²) >= 11 is 3.15. The molecule has 0 aliphatic rings. The van der Waals surface area contributed by atoms with Crippen LogP contribution in [0.25, 0.3) is 0 Å². The predicted molar refractivity (Wildman–Crippen MR) is 47.1 cm³/mol. The third kappa shape index (κ3) is 3.00. The fraction of sp³-hybridized carbons (Fsp3) is 0.333. The fourth-order valence-electron chi connectivity index (χ4n) is 0.533. The second-order valence-electron chi connectivity index (χ2n) is 1.79. The van der Waals surface area contributed by atoms with Crippen LogP contribution in [0.15, 0.2) is 23.8 Å². The molecule has 0 aromatic heterocycles. The summed E-state index contributed by atoms with van der Waals surface area (Å²) in [6, 6.07) is 0. The summed E-state index contributed by atoms with van der Waals surface area (Å²) in [7, 11) is 1.89. The standard InChI is InChI=1S/C6H12BrN3/c1-3-6(9-8)10(2)5-4-7/h3-6,9H,1,8H2,2H3/b5-4+. The van der Waals surface area contributed by atoms with Gasteiger partial charge in [-0.2, -0.15) is 0 Å². The Morgan fingerprint density at radius 1 is 1.80 bits per heavy atom. The Morgan fingerprint density at radius 3 is 2.70 bits per heavy atom. The van der Waals surface area contributed by atoms with Crippen molar-refractivity contribution >= 4 is 15.9 Å². The molecule has 1 atom stereocenters. The molecule has 0 fully saturated rings. The number of nitrogens with two attached hydrogens (primary N) is 1. The maximum atomic E-state index is 5.20. The van der Waals surface area contributed by atoms with Crippen molar-refractivity contribution in [1.29, 1.82) is 0 Å². The van der Waals surface area contributed by atoms with Gasteiger partial charge in [-0.15, -0.1) is 0 Å². The zero-order chi connectivity index (χ0) is 7.98. The minimum Gasteiger partial charge on any atom is -0.360 e. The second-order valence-corrected chi connectivity index (χ2v) is 2.32. The highest BCUT2D eigenvalue weighted by Gasteiger charge is 2.01. The van der Waals surface area contributed by atoms with E-state index in [-0.39, 0.29) is 6.17 Å². The van der Waals surface area contributed by atoms with Gasteiger partial charge in [-0.3, -0.25) is 5.84 Å². The van der Waals surface area contributed by atoms with Crippen molar-refractivity contribution in [2.45, 2.75) is 6.17 Å². The zero-order valence-corrected chi connectivity index (χ0v) is 7.51. The first kappa shape index (κ1) is 9.68. The van der Waals surface area contributed by atoms with E-state index in [1.165, 1.54) is 0 Å². The summed E-state index contributed by atoms with van der Waals surface area (Å²) in [6.07, 6.45) is 3.54. The van der Waals surface area contributed by atoms with Crippen LogP contribution in [0.5, 0.6) is 0 Å². The molecule has 0 saturated heterocycles. The van der Waals surface area contributed by atoms with Crippen molar-refractivity contribution in [2.24, 2.45) is 5.84 Å². The summed E-state index contributed by atoms with van der Waals surface area (Å²) in [6.45, 7) is 3.60. The molecule has 0 rings (SSSR count). The van der Waals surface area contributed by atoms with Gasteiger partial charge in [-0.25, -0.2) is 5.43 Å². The highest BCUT2D eigenvalue weighted by molar-refractivity contribution is 9.11. The van der Waals surface area contributed by atoms with Gasteiger partial charge in [-0.1, -0.05) is 28.6 Å². The van der Waals surface area contributed by atoms with Crippen molar-refractivity contribution < 1.29 is 0 Å². The Labute approximate surface area is 69.7 Å². The maximum absolute atomic E-state index is 5.20. The van der Waals surface area contributed by atoms with E-state index >= 15 is 0 Å². The molecular weight excluding hydrogens is 194 g/mol. The van der Waals surface area contributed by atoms with Crippen molar-refractivity contribution in [1.82, 2.24) is 10.3 Å². The molecule has 0 spiro atoms. The first-order valence-electron chi connectivity index (χ1n) is 2.83. The predicted octanol–water partition coefficient (Wildman–Crippen LogP) is 0.760. The monoisotopic (exact) mass is 205 g/mol. The quantitative estimate of drug-likeness (QED) is 0.309. The van der Waals surface area contributed by atoms with Crippen molar-refractivity contribution in [3.05, 3.63) is 23.8 Å². The molecular formula is C6H12BrN3. The van der Waals surface area contributed by atoms with E-state index in [0.717, 1.165) is 0 Å². The smallest absolute Gasteiger partial charge is 0.110 e. The Kier molecular flexibility index (Phi) is 5.29. The minimum absolute atomic E-state index is 0.0196. The lowest BCUT2D eigenvalue weighted by Crippen LogP contribution is -2.43. The van der Waals surface area contributed by atoms with E-state index in [4.69, 9.17) is 5.84 Å². The summed E-state index contributed by atoms with van der Waals surface area (Å²) in [5, 5.41) is 0. The normalized spacial score (nSPS) is 13.5. The number of hydrogen-bond acceptors (Lipinski definition) is 3. The molecule has 10 heavy (non-hydrogen) atoms. The largest absolute Gasteiger partial charge is 0.360 e. The molecule has 0 radical (unpaired) electrons. The summed E-state index contributed by atoms with van der Waals surface area (Å²) in [5.41, 5.74) is 2.57. The van der Waals surface area contributed by atoms with E-state index in [9.17, 15) is 0 Å².